The van der Waals surface area contributed by atoms with Gasteiger partial charge in [0.05, 0.1) is 12.8 Å². The highest BCUT2D eigenvalue weighted by Gasteiger charge is 2.38. The summed E-state index contributed by atoms with van der Waals surface area (Å²) in [7, 11) is 0. The van der Waals surface area contributed by atoms with Crippen molar-refractivity contribution in [1.82, 2.24) is 20.4 Å². The predicted octanol–water partition coefficient (Wildman–Crippen LogP) is 4.30. The summed E-state index contributed by atoms with van der Waals surface area (Å²) < 4.78 is 0. The number of carbonyl (C=O) groups excluding carboxylic acids is 2. The Kier molecular flexibility index (Phi) is 6.85. The monoisotopic (exact) mass is 516 g/mol. The number of rotatable bonds is 10. The van der Waals surface area contributed by atoms with Gasteiger partial charge in [-0.15, -0.1) is 43.1 Å². The van der Waals surface area contributed by atoms with Crippen LogP contribution in [0, 0.1) is 11.8 Å². The van der Waals surface area contributed by atoms with Crippen LogP contribution in [0.15, 0.2) is 35.0 Å². The normalized spacial score (nSPS) is 17.1. The molecule has 0 spiro atoms. The highest BCUT2D eigenvalue weighted by molar-refractivity contribution is 7.15. The molecule has 4 aromatic rings. The van der Waals surface area contributed by atoms with Crippen LogP contribution in [-0.2, 0) is 35.3 Å². The summed E-state index contributed by atoms with van der Waals surface area (Å²) in [4.78, 5) is 26.3. The first kappa shape index (κ1) is 22.3. The molecule has 1 aliphatic rings. The van der Waals surface area contributed by atoms with Crippen molar-refractivity contribution in [2.24, 2.45) is 11.8 Å². The SMILES string of the molecule is O=C(Cc1cccs1)Nc1nnc(C[C@@H]2C[C@H]2Cc2nnc(NC(=O)Cc3cccs3)s2)s1. The third kappa shape index (κ3) is 6.28. The predicted molar refractivity (Wildman–Crippen MR) is 132 cm³/mol. The third-order valence-electron chi connectivity index (χ3n) is 5.20. The van der Waals surface area contributed by atoms with Gasteiger partial charge in [0, 0.05) is 22.6 Å². The first-order chi connectivity index (χ1) is 16.1. The van der Waals surface area contributed by atoms with E-state index in [1.807, 2.05) is 35.0 Å². The smallest absolute Gasteiger partial charge is 0.231 e. The van der Waals surface area contributed by atoms with Gasteiger partial charge in [-0.3, -0.25) is 9.59 Å². The zero-order chi connectivity index (χ0) is 22.6. The largest absolute Gasteiger partial charge is 0.300 e. The number of anilines is 2. The van der Waals surface area contributed by atoms with E-state index in [9.17, 15) is 9.59 Å². The van der Waals surface area contributed by atoms with E-state index in [2.05, 4.69) is 31.0 Å². The maximum atomic E-state index is 12.1. The van der Waals surface area contributed by atoms with Crippen molar-refractivity contribution in [2.45, 2.75) is 32.1 Å². The summed E-state index contributed by atoms with van der Waals surface area (Å²) in [6.45, 7) is 0. The molecule has 0 aromatic carbocycles. The number of hydrogen-bond acceptors (Lipinski definition) is 10. The van der Waals surface area contributed by atoms with E-state index in [0.29, 0.717) is 34.9 Å². The summed E-state index contributed by atoms with van der Waals surface area (Å²) in [5.41, 5.74) is 0. The first-order valence-corrected chi connectivity index (χ1v) is 13.8. The quantitative estimate of drug-likeness (QED) is 0.325. The number of aromatic nitrogens is 4. The molecule has 2 atom stereocenters. The number of thiophene rings is 2. The van der Waals surface area contributed by atoms with Crippen LogP contribution in [0.4, 0.5) is 10.3 Å². The maximum Gasteiger partial charge on any atom is 0.231 e. The Hall–Kier alpha value is -2.54. The molecule has 170 valence electrons. The minimum atomic E-state index is -0.0704. The Morgan fingerprint density at radius 2 is 1.27 bits per heavy atom. The van der Waals surface area contributed by atoms with E-state index in [-0.39, 0.29) is 11.8 Å². The molecule has 5 rings (SSSR count). The number of nitrogens with zero attached hydrogens (tertiary/aromatic N) is 4. The first-order valence-electron chi connectivity index (χ1n) is 10.4. The fourth-order valence-corrected chi connectivity index (χ4v) is 6.61. The molecule has 33 heavy (non-hydrogen) atoms. The van der Waals surface area contributed by atoms with Crippen LogP contribution in [0.25, 0.3) is 0 Å². The number of carbonyl (C=O) groups is 2. The minimum Gasteiger partial charge on any atom is -0.300 e. The fraction of sp³-hybridized carbons (Fsp3) is 0.333. The van der Waals surface area contributed by atoms with E-state index in [1.165, 1.54) is 22.7 Å². The highest BCUT2D eigenvalue weighted by Crippen LogP contribution is 2.44. The Morgan fingerprint density at radius 1 is 0.788 bits per heavy atom. The van der Waals surface area contributed by atoms with Crippen LogP contribution in [0.3, 0.4) is 0 Å². The lowest BCUT2D eigenvalue weighted by Crippen LogP contribution is -2.13. The topological polar surface area (TPSA) is 110 Å². The average Bonchev–Trinajstić information content (AvgIpc) is 3.35. The van der Waals surface area contributed by atoms with Crippen molar-refractivity contribution < 1.29 is 9.59 Å². The van der Waals surface area contributed by atoms with Gasteiger partial charge in [-0.25, -0.2) is 0 Å². The van der Waals surface area contributed by atoms with Gasteiger partial charge in [-0.1, -0.05) is 34.8 Å². The minimum absolute atomic E-state index is 0.0704. The molecule has 0 unspecified atom stereocenters. The van der Waals surface area contributed by atoms with Crippen molar-refractivity contribution >= 4 is 67.4 Å². The van der Waals surface area contributed by atoms with Crippen LogP contribution in [0.2, 0.25) is 0 Å². The average molecular weight is 517 g/mol. The summed E-state index contributed by atoms with van der Waals surface area (Å²) in [6.07, 6.45) is 3.53. The lowest BCUT2D eigenvalue weighted by atomic mass is 10.2. The number of hydrogen-bond donors (Lipinski definition) is 2. The van der Waals surface area contributed by atoms with Crippen LogP contribution in [0.5, 0.6) is 0 Å². The van der Waals surface area contributed by atoms with Gasteiger partial charge in [0.2, 0.25) is 22.1 Å². The molecule has 1 fully saturated rings. The molecule has 4 heterocycles. The van der Waals surface area contributed by atoms with Crippen LogP contribution in [0.1, 0.15) is 26.2 Å². The maximum absolute atomic E-state index is 12.1. The molecule has 8 nitrogen and oxygen atoms in total. The Labute approximate surface area is 206 Å². The molecule has 0 bridgehead atoms. The van der Waals surface area contributed by atoms with Crippen molar-refractivity contribution in [2.75, 3.05) is 10.6 Å². The second-order valence-corrected chi connectivity index (χ2v) is 12.0. The third-order valence-corrected chi connectivity index (χ3v) is 8.67. The van der Waals surface area contributed by atoms with Crippen LogP contribution >= 0.6 is 45.3 Å². The second kappa shape index (κ2) is 10.2. The molecule has 12 heteroatoms. The zero-order valence-electron chi connectivity index (χ0n) is 17.4. The summed E-state index contributed by atoms with van der Waals surface area (Å²) >= 11 is 6.01. The van der Waals surface area contributed by atoms with E-state index in [0.717, 1.165) is 39.0 Å². The standard InChI is InChI=1S/C21H20N6O2S4/c28-16(10-14-3-1-5-30-14)22-20-26-24-18(32-20)8-12-7-13(12)9-19-25-27-21(33-19)23-17(29)11-15-4-2-6-31-15/h1-6,12-13H,7-11H2,(H,22,26,28)(H,23,27,29)/t12-,13-/m0/s1. The van der Waals surface area contributed by atoms with Crippen molar-refractivity contribution in [3.8, 4) is 0 Å². The Bertz CT molecular complexity index is 1120. The molecule has 0 aliphatic heterocycles. The van der Waals surface area contributed by atoms with Gasteiger partial charge in [0.25, 0.3) is 0 Å². The second-order valence-electron chi connectivity index (χ2n) is 7.77. The molecule has 2 amide bonds. The van der Waals surface area contributed by atoms with Gasteiger partial charge in [-0.2, -0.15) is 0 Å². The summed E-state index contributed by atoms with van der Waals surface area (Å²) in [5, 5.41) is 29.3. The van der Waals surface area contributed by atoms with Crippen LogP contribution in [-0.4, -0.2) is 32.2 Å². The van der Waals surface area contributed by atoms with Gasteiger partial charge in [0.15, 0.2) is 0 Å². The number of amides is 2. The molecule has 0 radical (unpaired) electrons. The molecular formula is C21H20N6O2S4. The Morgan fingerprint density at radius 3 is 1.70 bits per heavy atom. The lowest BCUT2D eigenvalue weighted by Gasteiger charge is -1.98. The number of nitrogens with one attached hydrogen (secondary N) is 2. The van der Waals surface area contributed by atoms with Crippen molar-refractivity contribution in [1.29, 1.82) is 0 Å². The van der Waals surface area contributed by atoms with Crippen molar-refractivity contribution in [3.63, 3.8) is 0 Å². The molecule has 1 saturated carbocycles. The van der Waals surface area contributed by atoms with Crippen molar-refractivity contribution in [3.05, 3.63) is 54.8 Å². The molecule has 1 aliphatic carbocycles. The molecule has 2 N–H and O–H groups in total. The van der Waals surface area contributed by atoms with E-state index >= 15 is 0 Å². The van der Waals surface area contributed by atoms with Gasteiger partial charge >= 0.3 is 0 Å². The molecule has 0 saturated heterocycles. The lowest BCUT2D eigenvalue weighted by molar-refractivity contribution is -0.116. The van der Waals surface area contributed by atoms with Gasteiger partial charge < -0.3 is 10.6 Å². The molecule has 4 aromatic heterocycles. The van der Waals surface area contributed by atoms with E-state index in [1.54, 1.807) is 22.7 Å². The highest BCUT2D eigenvalue weighted by atomic mass is 32.1. The van der Waals surface area contributed by atoms with E-state index in [4.69, 9.17) is 0 Å². The Balaban J connectivity index is 1.05. The summed E-state index contributed by atoms with van der Waals surface area (Å²) in [5.74, 6) is 0.930. The van der Waals surface area contributed by atoms with Gasteiger partial charge in [0.1, 0.15) is 10.0 Å². The molecular weight excluding hydrogens is 497 g/mol. The van der Waals surface area contributed by atoms with E-state index < -0.39 is 0 Å². The zero-order valence-corrected chi connectivity index (χ0v) is 20.7. The fourth-order valence-electron chi connectivity index (χ4n) is 3.50. The van der Waals surface area contributed by atoms with Gasteiger partial charge in [-0.05, 0) is 41.1 Å². The summed E-state index contributed by atoms with van der Waals surface area (Å²) in [6, 6.07) is 7.77. The van der Waals surface area contributed by atoms with Crippen LogP contribution < -0.4 is 10.6 Å².